The van der Waals surface area contributed by atoms with E-state index in [2.05, 4.69) is 0 Å². The molecule has 1 aliphatic carbocycles. The normalized spacial score (nSPS) is 32.6. The van der Waals surface area contributed by atoms with Crippen LogP contribution in [0.3, 0.4) is 0 Å². The number of carbonyl (C=O) groups is 1. The summed E-state index contributed by atoms with van der Waals surface area (Å²) in [6.07, 6.45) is 1.38. The fourth-order valence-corrected chi connectivity index (χ4v) is 3.38. The van der Waals surface area contributed by atoms with Crippen LogP contribution in [0.15, 0.2) is 30.3 Å². The van der Waals surface area contributed by atoms with Crippen molar-refractivity contribution in [2.24, 2.45) is 5.92 Å². The summed E-state index contributed by atoms with van der Waals surface area (Å²) in [7, 11) is 0. The fraction of sp³-hybridized carbons (Fsp3) is 0.533. The molecule has 1 aromatic carbocycles. The first kappa shape index (κ1) is 12.5. The number of hydrogen-bond acceptors (Lipinski definition) is 3. The van der Waals surface area contributed by atoms with Crippen LogP contribution < -0.4 is 0 Å². The van der Waals surface area contributed by atoms with E-state index in [0.29, 0.717) is 12.5 Å². The first-order valence-corrected chi connectivity index (χ1v) is 6.76. The Morgan fingerprint density at radius 3 is 2.84 bits per heavy atom. The van der Waals surface area contributed by atoms with Crippen LogP contribution in [0, 0.1) is 5.92 Å². The number of rotatable bonds is 2. The van der Waals surface area contributed by atoms with Crippen molar-refractivity contribution < 1.29 is 14.6 Å². The maximum Gasteiger partial charge on any atom is 0.410 e. The van der Waals surface area contributed by atoms with E-state index in [-0.39, 0.29) is 18.7 Å². The number of piperidine rings is 1. The van der Waals surface area contributed by atoms with Gasteiger partial charge in [-0.2, -0.15) is 0 Å². The molecule has 102 valence electrons. The first-order chi connectivity index (χ1) is 9.06. The van der Waals surface area contributed by atoms with Gasteiger partial charge in [0.05, 0.1) is 11.6 Å². The average molecular weight is 261 g/mol. The van der Waals surface area contributed by atoms with Gasteiger partial charge < -0.3 is 14.7 Å². The second-order valence-corrected chi connectivity index (χ2v) is 5.87. The number of fused-ring (bicyclic) bond motifs is 2. The summed E-state index contributed by atoms with van der Waals surface area (Å²) in [5.41, 5.74) is 0.223. The maximum absolute atomic E-state index is 12.1. The smallest absolute Gasteiger partial charge is 0.410 e. The van der Waals surface area contributed by atoms with Crippen molar-refractivity contribution in [3.05, 3.63) is 35.9 Å². The fourth-order valence-electron chi connectivity index (χ4n) is 3.38. The highest BCUT2D eigenvalue weighted by atomic mass is 16.6. The Bertz CT molecular complexity index is 472. The number of benzene rings is 1. The Labute approximate surface area is 113 Å². The van der Waals surface area contributed by atoms with Crippen LogP contribution in [0.2, 0.25) is 0 Å². The van der Waals surface area contributed by atoms with Crippen molar-refractivity contribution in [1.82, 2.24) is 4.90 Å². The van der Waals surface area contributed by atoms with E-state index >= 15 is 0 Å². The van der Waals surface area contributed by atoms with Gasteiger partial charge in [-0.1, -0.05) is 30.3 Å². The molecule has 0 aromatic heterocycles. The molecule has 1 saturated heterocycles. The van der Waals surface area contributed by atoms with Crippen molar-refractivity contribution in [2.75, 3.05) is 6.54 Å². The Morgan fingerprint density at radius 2 is 2.21 bits per heavy atom. The minimum Gasteiger partial charge on any atom is -0.445 e. The number of carbonyl (C=O) groups excluding carboxylic acids is 1. The van der Waals surface area contributed by atoms with E-state index in [0.717, 1.165) is 18.4 Å². The third kappa shape index (κ3) is 2.32. The lowest BCUT2D eigenvalue weighted by atomic mass is 9.95. The molecule has 0 spiro atoms. The van der Waals surface area contributed by atoms with Gasteiger partial charge in [0.1, 0.15) is 6.61 Å². The van der Waals surface area contributed by atoms with Crippen LogP contribution in [-0.2, 0) is 11.3 Å². The highest BCUT2D eigenvalue weighted by Crippen LogP contribution is 2.44. The summed E-state index contributed by atoms with van der Waals surface area (Å²) in [6.45, 7) is 2.82. The number of ether oxygens (including phenoxy) is 1. The minimum atomic E-state index is -0.755. The highest BCUT2D eigenvalue weighted by molar-refractivity contribution is 5.69. The molecule has 1 N–H and O–H groups in total. The van der Waals surface area contributed by atoms with Gasteiger partial charge in [0.25, 0.3) is 0 Å². The second kappa shape index (κ2) is 4.53. The molecule has 3 rings (SSSR count). The third-order valence-corrected chi connectivity index (χ3v) is 4.25. The predicted molar refractivity (Wildman–Crippen MR) is 70.5 cm³/mol. The number of amides is 1. The van der Waals surface area contributed by atoms with Gasteiger partial charge >= 0.3 is 6.09 Å². The summed E-state index contributed by atoms with van der Waals surface area (Å²) in [5.74, 6) is 0.421. The summed E-state index contributed by atoms with van der Waals surface area (Å²) in [4.78, 5) is 13.8. The van der Waals surface area contributed by atoms with Crippen LogP contribution in [-0.4, -0.2) is 34.3 Å². The lowest BCUT2D eigenvalue weighted by molar-refractivity contribution is -0.0286. The van der Waals surface area contributed by atoms with Crippen molar-refractivity contribution in [3.63, 3.8) is 0 Å². The molecule has 19 heavy (non-hydrogen) atoms. The lowest BCUT2D eigenvalue weighted by Crippen LogP contribution is -2.51. The summed E-state index contributed by atoms with van der Waals surface area (Å²) < 4.78 is 5.33. The standard InChI is InChI=1S/C15H19NO3/c1-15(18)8-12-7-13(15)16(9-12)14(17)19-10-11-5-3-2-4-6-11/h2-6,12-13,18H,7-10H2,1H3. The van der Waals surface area contributed by atoms with E-state index in [1.807, 2.05) is 37.3 Å². The molecular formula is C15H19NO3. The van der Waals surface area contributed by atoms with Gasteiger partial charge in [-0.3, -0.25) is 0 Å². The molecule has 4 nitrogen and oxygen atoms in total. The van der Waals surface area contributed by atoms with Crippen LogP contribution in [0.25, 0.3) is 0 Å². The minimum absolute atomic E-state index is 0.0826. The number of hydrogen-bond donors (Lipinski definition) is 1. The van der Waals surface area contributed by atoms with Crippen molar-refractivity contribution in [2.45, 2.75) is 38.0 Å². The van der Waals surface area contributed by atoms with Gasteiger partial charge in [0.2, 0.25) is 0 Å². The van der Waals surface area contributed by atoms with Gasteiger partial charge in [0.15, 0.2) is 0 Å². The van der Waals surface area contributed by atoms with Crippen molar-refractivity contribution in [3.8, 4) is 0 Å². The van der Waals surface area contributed by atoms with Crippen molar-refractivity contribution in [1.29, 1.82) is 0 Å². The van der Waals surface area contributed by atoms with E-state index < -0.39 is 5.60 Å². The molecule has 1 aliphatic heterocycles. The Morgan fingerprint density at radius 1 is 1.47 bits per heavy atom. The molecule has 1 heterocycles. The molecular weight excluding hydrogens is 242 g/mol. The largest absolute Gasteiger partial charge is 0.445 e. The predicted octanol–water partition coefficient (Wildman–Crippen LogP) is 2.17. The molecule has 0 radical (unpaired) electrons. The highest BCUT2D eigenvalue weighted by Gasteiger charge is 2.53. The second-order valence-electron chi connectivity index (χ2n) is 5.87. The van der Waals surface area contributed by atoms with E-state index in [9.17, 15) is 9.90 Å². The Hall–Kier alpha value is -1.55. The molecule has 1 amide bonds. The van der Waals surface area contributed by atoms with Crippen LogP contribution in [0.4, 0.5) is 4.79 Å². The topological polar surface area (TPSA) is 49.8 Å². The van der Waals surface area contributed by atoms with Crippen LogP contribution in [0.5, 0.6) is 0 Å². The summed E-state index contributed by atoms with van der Waals surface area (Å²) in [6, 6.07) is 9.55. The quantitative estimate of drug-likeness (QED) is 0.887. The van der Waals surface area contributed by atoms with E-state index in [1.54, 1.807) is 4.90 Å². The Kier molecular flexibility index (Phi) is 2.97. The zero-order valence-electron chi connectivity index (χ0n) is 11.1. The van der Waals surface area contributed by atoms with Crippen LogP contribution in [0.1, 0.15) is 25.3 Å². The average Bonchev–Trinajstić information content (AvgIpc) is 2.93. The molecule has 4 heteroatoms. The monoisotopic (exact) mass is 261 g/mol. The number of likely N-dealkylation sites (tertiary alicyclic amines) is 1. The zero-order chi connectivity index (χ0) is 13.5. The first-order valence-electron chi connectivity index (χ1n) is 6.76. The Balaban J connectivity index is 1.60. The number of aliphatic hydroxyl groups is 1. The maximum atomic E-state index is 12.1. The molecule has 2 fully saturated rings. The molecule has 3 atom stereocenters. The van der Waals surface area contributed by atoms with Crippen molar-refractivity contribution >= 4 is 6.09 Å². The van der Waals surface area contributed by atoms with Gasteiger partial charge in [-0.25, -0.2) is 4.79 Å². The molecule has 3 unspecified atom stereocenters. The summed E-state index contributed by atoms with van der Waals surface area (Å²) >= 11 is 0. The molecule has 1 saturated carbocycles. The molecule has 1 aromatic rings. The van der Waals surface area contributed by atoms with E-state index in [1.165, 1.54) is 0 Å². The lowest BCUT2D eigenvalue weighted by Gasteiger charge is -2.36. The summed E-state index contributed by atoms with van der Waals surface area (Å²) in [5, 5.41) is 10.2. The SMILES string of the molecule is CC1(O)CC2CC1N(C(=O)OCc1ccccc1)C2. The van der Waals surface area contributed by atoms with Gasteiger partial charge in [-0.15, -0.1) is 0 Å². The van der Waals surface area contributed by atoms with Crippen LogP contribution >= 0.6 is 0 Å². The van der Waals surface area contributed by atoms with Gasteiger partial charge in [0, 0.05) is 6.54 Å². The van der Waals surface area contributed by atoms with E-state index in [4.69, 9.17) is 4.74 Å². The third-order valence-electron chi connectivity index (χ3n) is 4.25. The zero-order valence-corrected chi connectivity index (χ0v) is 11.1. The number of nitrogens with zero attached hydrogens (tertiary/aromatic N) is 1. The molecule has 2 bridgehead atoms. The van der Waals surface area contributed by atoms with Gasteiger partial charge in [-0.05, 0) is 31.2 Å². The molecule has 2 aliphatic rings.